The maximum absolute atomic E-state index is 5.81. The number of benzene rings is 1. The standard InChI is InChI=1S/C21H19N3O/c1-4-7-18-16(3)13-22-21(24-18)19-10-6-11-20(23-19)25-14-17-9-5-8-15(2)12-17/h4-13H,1,3,14H2,2H3/b18-7+. The minimum atomic E-state index is 0.465. The summed E-state index contributed by atoms with van der Waals surface area (Å²) >= 11 is 0. The molecule has 0 bridgehead atoms. The third kappa shape index (κ3) is 4.18. The molecule has 0 radical (unpaired) electrons. The first-order valence-corrected chi connectivity index (χ1v) is 7.96. The van der Waals surface area contributed by atoms with Crippen LogP contribution in [0.1, 0.15) is 11.1 Å². The molecule has 0 atom stereocenters. The molecule has 4 heteroatoms. The van der Waals surface area contributed by atoms with Gasteiger partial charge in [0.1, 0.15) is 12.3 Å². The highest BCUT2D eigenvalue weighted by atomic mass is 16.5. The Morgan fingerprint density at radius 2 is 1.96 bits per heavy atom. The van der Waals surface area contributed by atoms with Gasteiger partial charge in [-0.05, 0) is 24.6 Å². The molecule has 0 aliphatic heterocycles. The lowest BCUT2D eigenvalue weighted by molar-refractivity contribution is 0.294. The molecule has 25 heavy (non-hydrogen) atoms. The number of allylic oxidation sites excluding steroid dienone is 1. The topological polar surface area (TPSA) is 47.9 Å². The van der Waals surface area contributed by atoms with E-state index in [9.17, 15) is 0 Å². The summed E-state index contributed by atoms with van der Waals surface area (Å²) in [5.41, 5.74) is 2.96. The molecule has 2 aromatic heterocycles. The van der Waals surface area contributed by atoms with Crippen molar-refractivity contribution in [3.8, 4) is 17.4 Å². The van der Waals surface area contributed by atoms with Gasteiger partial charge >= 0.3 is 0 Å². The van der Waals surface area contributed by atoms with Gasteiger partial charge in [-0.15, -0.1) is 0 Å². The van der Waals surface area contributed by atoms with E-state index in [-0.39, 0.29) is 0 Å². The summed E-state index contributed by atoms with van der Waals surface area (Å²) in [7, 11) is 0. The summed E-state index contributed by atoms with van der Waals surface area (Å²) in [6.45, 7) is 10.1. The zero-order valence-corrected chi connectivity index (χ0v) is 14.1. The fourth-order valence-corrected chi connectivity index (χ4v) is 2.38. The van der Waals surface area contributed by atoms with Crippen LogP contribution in [-0.2, 0) is 6.61 Å². The second kappa shape index (κ2) is 7.53. The third-order valence-electron chi connectivity index (χ3n) is 3.60. The van der Waals surface area contributed by atoms with Crippen LogP contribution < -0.4 is 15.3 Å². The molecule has 3 rings (SSSR count). The second-order valence-electron chi connectivity index (χ2n) is 5.65. The normalized spacial score (nSPS) is 11.3. The highest BCUT2D eigenvalue weighted by molar-refractivity contribution is 5.50. The second-order valence-corrected chi connectivity index (χ2v) is 5.65. The van der Waals surface area contributed by atoms with E-state index in [1.54, 1.807) is 18.3 Å². The van der Waals surface area contributed by atoms with Gasteiger partial charge in [-0.3, -0.25) is 0 Å². The van der Waals surface area contributed by atoms with E-state index in [1.165, 1.54) is 5.56 Å². The number of aromatic nitrogens is 3. The number of hydrogen-bond acceptors (Lipinski definition) is 4. The Bertz CT molecular complexity index is 1010. The zero-order valence-electron chi connectivity index (χ0n) is 14.1. The van der Waals surface area contributed by atoms with Crippen molar-refractivity contribution in [2.24, 2.45) is 0 Å². The Morgan fingerprint density at radius 1 is 1.12 bits per heavy atom. The number of nitrogens with zero attached hydrogens (tertiary/aromatic N) is 3. The minimum Gasteiger partial charge on any atom is -0.473 e. The van der Waals surface area contributed by atoms with Crippen molar-refractivity contribution in [1.29, 1.82) is 0 Å². The van der Waals surface area contributed by atoms with Gasteiger partial charge in [-0.25, -0.2) is 15.0 Å². The largest absolute Gasteiger partial charge is 0.473 e. The smallest absolute Gasteiger partial charge is 0.214 e. The number of hydrogen-bond donors (Lipinski definition) is 0. The summed E-state index contributed by atoms with van der Waals surface area (Å²) in [5.74, 6) is 1.07. The van der Waals surface area contributed by atoms with Crippen molar-refractivity contribution >= 4 is 12.7 Å². The maximum atomic E-state index is 5.81. The van der Waals surface area contributed by atoms with E-state index in [0.717, 1.165) is 16.1 Å². The Labute approximate surface area is 146 Å². The third-order valence-corrected chi connectivity index (χ3v) is 3.60. The first-order chi connectivity index (χ1) is 12.2. The van der Waals surface area contributed by atoms with Crippen LogP contribution in [0.5, 0.6) is 5.88 Å². The summed E-state index contributed by atoms with van der Waals surface area (Å²) in [4.78, 5) is 13.3. The van der Waals surface area contributed by atoms with Gasteiger partial charge in [0.05, 0.1) is 5.35 Å². The number of ether oxygens (including phenoxy) is 1. The van der Waals surface area contributed by atoms with E-state index < -0.39 is 0 Å². The average molecular weight is 329 g/mol. The van der Waals surface area contributed by atoms with Crippen LogP contribution in [0, 0.1) is 6.92 Å². The Kier molecular flexibility index (Phi) is 5.00. The summed E-state index contributed by atoms with van der Waals surface area (Å²) in [6, 6.07) is 13.8. The lowest BCUT2D eigenvalue weighted by Crippen LogP contribution is -2.28. The minimum absolute atomic E-state index is 0.465. The molecule has 0 spiro atoms. The molecule has 0 amide bonds. The number of aryl methyl sites for hydroxylation is 1. The SMILES string of the molecule is C=C/C=c1/nc(-c2cccc(OCc3cccc(C)c3)n2)ncc1=C. The highest BCUT2D eigenvalue weighted by Gasteiger charge is 2.05. The lowest BCUT2D eigenvalue weighted by atomic mass is 10.1. The Balaban J connectivity index is 1.84. The van der Waals surface area contributed by atoms with Gasteiger partial charge in [-0.2, -0.15) is 0 Å². The molecule has 1 aromatic carbocycles. The molecular weight excluding hydrogens is 310 g/mol. The van der Waals surface area contributed by atoms with Gasteiger partial charge in [-0.1, -0.05) is 55.1 Å². The number of rotatable bonds is 5. The zero-order chi connectivity index (χ0) is 17.6. The molecule has 2 heterocycles. The molecule has 0 aliphatic rings. The molecule has 0 saturated carbocycles. The van der Waals surface area contributed by atoms with Crippen LogP contribution in [0.25, 0.3) is 24.2 Å². The van der Waals surface area contributed by atoms with Crippen molar-refractivity contribution in [1.82, 2.24) is 15.0 Å². The molecular formula is C21H19N3O. The van der Waals surface area contributed by atoms with E-state index in [4.69, 9.17) is 4.74 Å². The summed E-state index contributed by atoms with van der Waals surface area (Å²) in [5, 5.41) is 1.48. The fraction of sp³-hybridized carbons (Fsp3) is 0.0952. The highest BCUT2D eigenvalue weighted by Crippen LogP contribution is 2.16. The quantitative estimate of drug-likeness (QED) is 0.722. The Morgan fingerprint density at radius 3 is 2.76 bits per heavy atom. The molecule has 3 aromatic rings. The monoisotopic (exact) mass is 329 g/mol. The van der Waals surface area contributed by atoms with Gasteiger partial charge in [0.25, 0.3) is 0 Å². The van der Waals surface area contributed by atoms with Crippen LogP contribution in [0.15, 0.2) is 61.3 Å². The van der Waals surface area contributed by atoms with Crippen molar-refractivity contribution in [3.05, 3.63) is 83.0 Å². The van der Waals surface area contributed by atoms with Crippen molar-refractivity contribution in [2.45, 2.75) is 13.5 Å². The van der Waals surface area contributed by atoms with Crippen LogP contribution >= 0.6 is 0 Å². The van der Waals surface area contributed by atoms with E-state index in [1.807, 2.05) is 30.3 Å². The molecule has 0 saturated heterocycles. The fourth-order valence-electron chi connectivity index (χ4n) is 2.38. The summed E-state index contributed by atoms with van der Waals surface area (Å²) < 4.78 is 5.81. The predicted octanol–water partition coefficient (Wildman–Crippen LogP) is 2.80. The molecule has 4 nitrogen and oxygen atoms in total. The molecule has 0 N–H and O–H groups in total. The Hall–Kier alpha value is -3.27. The van der Waals surface area contributed by atoms with Crippen LogP contribution in [-0.4, -0.2) is 15.0 Å². The molecule has 0 fully saturated rings. The van der Waals surface area contributed by atoms with E-state index >= 15 is 0 Å². The molecule has 124 valence electrons. The van der Waals surface area contributed by atoms with Gasteiger partial charge in [0.15, 0.2) is 5.82 Å². The lowest BCUT2D eigenvalue weighted by Gasteiger charge is -2.07. The molecule has 0 aliphatic carbocycles. The van der Waals surface area contributed by atoms with E-state index in [2.05, 4.69) is 47.2 Å². The van der Waals surface area contributed by atoms with Crippen molar-refractivity contribution in [3.63, 3.8) is 0 Å². The average Bonchev–Trinajstić information content (AvgIpc) is 2.62. The van der Waals surface area contributed by atoms with Crippen LogP contribution in [0.4, 0.5) is 0 Å². The van der Waals surface area contributed by atoms with Crippen molar-refractivity contribution < 1.29 is 4.74 Å². The van der Waals surface area contributed by atoms with Crippen LogP contribution in [0.2, 0.25) is 0 Å². The predicted molar refractivity (Wildman–Crippen MR) is 100 cm³/mol. The van der Waals surface area contributed by atoms with Gasteiger partial charge < -0.3 is 4.74 Å². The molecule has 0 unspecified atom stereocenters. The number of pyridine rings is 1. The summed E-state index contributed by atoms with van der Waals surface area (Å²) in [6.07, 6.45) is 5.15. The maximum Gasteiger partial charge on any atom is 0.214 e. The van der Waals surface area contributed by atoms with Crippen LogP contribution in [0.3, 0.4) is 0 Å². The van der Waals surface area contributed by atoms with E-state index in [0.29, 0.717) is 24.0 Å². The van der Waals surface area contributed by atoms with Gasteiger partial charge in [0, 0.05) is 17.5 Å². The first-order valence-electron chi connectivity index (χ1n) is 7.96. The van der Waals surface area contributed by atoms with Crippen molar-refractivity contribution in [2.75, 3.05) is 0 Å². The first kappa shape index (κ1) is 16.6. The van der Waals surface area contributed by atoms with Gasteiger partial charge in [0.2, 0.25) is 5.88 Å².